The van der Waals surface area contributed by atoms with Crippen molar-refractivity contribution in [3.63, 3.8) is 0 Å². The molecular weight excluding hydrogens is 217 g/mol. The molecule has 0 heterocycles. The van der Waals surface area contributed by atoms with Crippen molar-refractivity contribution in [1.29, 1.82) is 0 Å². The van der Waals surface area contributed by atoms with Crippen LogP contribution in [0.4, 0.5) is 4.39 Å². The third-order valence-corrected chi connectivity index (χ3v) is 4.12. The smallest absolute Gasteiger partial charge is 0.123 e. The summed E-state index contributed by atoms with van der Waals surface area (Å²) in [5, 5.41) is 10.5. The molecule has 2 rings (SSSR count). The van der Waals surface area contributed by atoms with Crippen molar-refractivity contribution in [2.45, 2.75) is 38.7 Å². The zero-order valence-electron chi connectivity index (χ0n) is 10.2. The number of nitrogens with two attached hydrogens (primary N) is 1. The van der Waals surface area contributed by atoms with Crippen LogP contribution in [0.5, 0.6) is 0 Å². The van der Waals surface area contributed by atoms with Gasteiger partial charge in [0.1, 0.15) is 5.82 Å². The molecule has 0 spiro atoms. The van der Waals surface area contributed by atoms with E-state index in [1.807, 2.05) is 6.92 Å². The molecule has 1 aromatic carbocycles. The zero-order valence-corrected chi connectivity index (χ0v) is 10.2. The largest absolute Gasteiger partial charge is 0.388 e. The number of benzene rings is 1. The van der Waals surface area contributed by atoms with Crippen molar-refractivity contribution >= 4 is 0 Å². The van der Waals surface area contributed by atoms with Gasteiger partial charge in [-0.05, 0) is 43.0 Å². The molecule has 17 heavy (non-hydrogen) atoms. The molecule has 3 heteroatoms. The lowest BCUT2D eigenvalue weighted by Crippen LogP contribution is -2.34. The minimum atomic E-state index is -0.648. The molecule has 1 aliphatic rings. The quantitative estimate of drug-likeness (QED) is 0.849. The van der Waals surface area contributed by atoms with Crippen LogP contribution in [-0.2, 0) is 0 Å². The second kappa shape index (κ2) is 4.75. The summed E-state index contributed by atoms with van der Waals surface area (Å²) in [6.07, 6.45) is 3.41. The summed E-state index contributed by atoms with van der Waals surface area (Å²) >= 11 is 0. The molecule has 1 unspecified atom stereocenters. The maximum Gasteiger partial charge on any atom is 0.123 e. The van der Waals surface area contributed by atoms with Gasteiger partial charge in [-0.25, -0.2) is 4.39 Å². The number of hydrogen-bond donors (Lipinski definition) is 2. The fourth-order valence-corrected chi connectivity index (χ4v) is 2.90. The number of rotatable bonds is 3. The number of halogens is 1. The van der Waals surface area contributed by atoms with E-state index < -0.39 is 6.10 Å². The summed E-state index contributed by atoms with van der Waals surface area (Å²) < 4.78 is 13.3. The fourth-order valence-electron chi connectivity index (χ4n) is 2.90. The van der Waals surface area contributed by atoms with Crippen LogP contribution in [0, 0.1) is 18.2 Å². The lowest BCUT2D eigenvalue weighted by molar-refractivity contribution is 0.0326. The van der Waals surface area contributed by atoms with Crippen LogP contribution in [0.25, 0.3) is 0 Å². The van der Waals surface area contributed by atoms with E-state index >= 15 is 0 Å². The second-order valence-electron chi connectivity index (χ2n) is 5.18. The van der Waals surface area contributed by atoms with E-state index in [0.717, 1.165) is 31.2 Å². The van der Waals surface area contributed by atoms with Gasteiger partial charge in [0.2, 0.25) is 0 Å². The topological polar surface area (TPSA) is 46.2 Å². The lowest BCUT2D eigenvalue weighted by Gasteiger charge is -2.34. The first-order valence-corrected chi connectivity index (χ1v) is 6.23. The molecule has 2 nitrogen and oxygen atoms in total. The molecule has 3 N–H and O–H groups in total. The first-order chi connectivity index (χ1) is 8.09. The van der Waals surface area contributed by atoms with Gasteiger partial charge in [-0.15, -0.1) is 0 Å². The Balaban J connectivity index is 2.35. The Labute approximate surface area is 102 Å². The van der Waals surface area contributed by atoms with Crippen molar-refractivity contribution in [2.75, 3.05) is 6.54 Å². The molecule has 1 atom stereocenters. The van der Waals surface area contributed by atoms with Crippen LogP contribution in [-0.4, -0.2) is 11.7 Å². The molecule has 1 aromatic rings. The van der Waals surface area contributed by atoms with Crippen molar-refractivity contribution in [2.24, 2.45) is 11.1 Å². The Hall–Kier alpha value is -0.930. The highest BCUT2D eigenvalue weighted by molar-refractivity contribution is 5.30. The summed E-state index contributed by atoms with van der Waals surface area (Å²) in [5.41, 5.74) is 7.21. The predicted molar refractivity (Wildman–Crippen MR) is 66.1 cm³/mol. The molecule has 0 amide bonds. The first-order valence-electron chi connectivity index (χ1n) is 6.23. The molecule has 1 fully saturated rings. The third-order valence-electron chi connectivity index (χ3n) is 4.12. The van der Waals surface area contributed by atoms with Gasteiger partial charge in [0.15, 0.2) is 0 Å². The Morgan fingerprint density at radius 1 is 1.41 bits per heavy atom. The van der Waals surface area contributed by atoms with Gasteiger partial charge in [0.25, 0.3) is 0 Å². The van der Waals surface area contributed by atoms with Gasteiger partial charge in [0, 0.05) is 12.0 Å². The van der Waals surface area contributed by atoms with E-state index in [4.69, 9.17) is 5.73 Å². The molecule has 1 aliphatic carbocycles. The van der Waals surface area contributed by atoms with Crippen LogP contribution < -0.4 is 5.73 Å². The summed E-state index contributed by atoms with van der Waals surface area (Å²) in [5.74, 6) is -0.296. The van der Waals surface area contributed by atoms with Gasteiger partial charge >= 0.3 is 0 Å². The van der Waals surface area contributed by atoms with Gasteiger partial charge in [-0.2, -0.15) is 0 Å². The highest BCUT2D eigenvalue weighted by Gasteiger charge is 2.40. The second-order valence-corrected chi connectivity index (χ2v) is 5.18. The lowest BCUT2D eigenvalue weighted by atomic mass is 9.76. The van der Waals surface area contributed by atoms with E-state index in [0.29, 0.717) is 12.1 Å². The molecule has 0 bridgehead atoms. The Bertz CT molecular complexity index is 399. The van der Waals surface area contributed by atoms with Crippen LogP contribution in [0.15, 0.2) is 18.2 Å². The van der Waals surface area contributed by atoms with Gasteiger partial charge in [-0.1, -0.05) is 18.9 Å². The van der Waals surface area contributed by atoms with Gasteiger partial charge in [0.05, 0.1) is 6.10 Å². The van der Waals surface area contributed by atoms with E-state index in [1.165, 1.54) is 12.1 Å². The average Bonchev–Trinajstić information content (AvgIpc) is 2.81. The van der Waals surface area contributed by atoms with Crippen LogP contribution in [0.2, 0.25) is 0 Å². The number of aliphatic hydroxyl groups is 1. The zero-order chi connectivity index (χ0) is 12.5. The maximum atomic E-state index is 13.3. The minimum Gasteiger partial charge on any atom is -0.388 e. The Morgan fingerprint density at radius 3 is 2.65 bits per heavy atom. The Kier molecular flexibility index (Phi) is 3.50. The summed E-state index contributed by atoms with van der Waals surface area (Å²) in [7, 11) is 0. The van der Waals surface area contributed by atoms with Crippen molar-refractivity contribution in [3.8, 4) is 0 Å². The molecule has 0 aromatic heterocycles. The monoisotopic (exact) mass is 237 g/mol. The standard InChI is InChI=1S/C14H20FNO/c1-10-4-5-11(15)8-12(10)13(17)14(9-16)6-2-3-7-14/h4-5,8,13,17H,2-3,6-7,9,16H2,1H3. The summed E-state index contributed by atoms with van der Waals surface area (Å²) in [6, 6.07) is 4.58. The van der Waals surface area contributed by atoms with Crippen molar-refractivity contribution in [3.05, 3.63) is 35.1 Å². The Morgan fingerprint density at radius 2 is 2.06 bits per heavy atom. The molecular formula is C14H20FNO. The average molecular weight is 237 g/mol. The SMILES string of the molecule is Cc1ccc(F)cc1C(O)C1(CN)CCCC1. The predicted octanol–water partition coefficient (Wildman–Crippen LogP) is 2.69. The summed E-state index contributed by atoms with van der Waals surface area (Å²) in [4.78, 5) is 0. The molecule has 1 saturated carbocycles. The molecule has 0 saturated heterocycles. The first kappa shape index (κ1) is 12.5. The van der Waals surface area contributed by atoms with E-state index in [2.05, 4.69) is 0 Å². The number of hydrogen-bond acceptors (Lipinski definition) is 2. The van der Waals surface area contributed by atoms with E-state index in [1.54, 1.807) is 6.07 Å². The maximum absolute atomic E-state index is 13.3. The van der Waals surface area contributed by atoms with Crippen LogP contribution >= 0.6 is 0 Å². The van der Waals surface area contributed by atoms with E-state index in [-0.39, 0.29) is 11.2 Å². The van der Waals surface area contributed by atoms with Gasteiger partial charge < -0.3 is 10.8 Å². The van der Waals surface area contributed by atoms with Crippen LogP contribution in [0.3, 0.4) is 0 Å². The molecule has 0 radical (unpaired) electrons. The normalized spacial score (nSPS) is 20.5. The number of aliphatic hydroxyl groups excluding tert-OH is 1. The summed E-state index contributed by atoms with van der Waals surface area (Å²) in [6.45, 7) is 2.36. The molecule has 94 valence electrons. The highest BCUT2D eigenvalue weighted by atomic mass is 19.1. The van der Waals surface area contributed by atoms with Crippen molar-refractivity contribution in [1.82, 2.24) is 0 Å². The minimum absolute atomic E-state index is 0.251. The van der Waals surface area contributed by atoms with E-state index in [9.17, 15) is 9.50 Å². The fraction of sp³-hybridized carbons (Fsp3) is 0.571. The van der Waals surface area contributed by atoms with Gasteiger partial charge in [-0.3, -0.25) is 0 Å². The van der Waals surface area contributed by atoms with Crippen molar-refractivity contribution < 1.29 is 9.50 Å². The molecule has 0 aliphatic heterocycles. The highest BCUT2D eigenvalue weighted by Crippen LogP contribution is 2.47. The van der Waals surface area contributed by atoms with Crippen LogP contribution in [0.1, 0.15) is 42.9 Å². The number of aryl methyl sites for hydroxylation is 1. The third kappa shape index (κ3) is 2.22.